The van der Waals surface area contributed by atoms with Gasteiger partial charge in [0.1, 0.15) is 24.7 Å². The molecule has 2 atom stereocenters. The van der Waals surface area contributed by atoms with Crippen LogP contribution in [0, 0.1) is 0 Å². The van der Waals surface area contributed by atoms with Crippen LogP contribution >= 0.6 is 74.0 Å². The van der Waals surface area contributed by atoms with Crippen molar-refractivity contribution in [3.05, 3.63) is 59.7 Å². The second-order valence-electron chi connectivity index (χ2n) is 8.09. The van der Waals surface area contributed by atoms with Crippen molar-refractivity contribution in [3.8, 4) is 11.5 Å². The van der Waals surface area contributed by atoms with Gasteiger partial charge in [0, 0.05) is 38.9 Å². The van der Waals surface area contributed by atoms with E-state index < -0.39 is 0 Å². The molecule has 0 bridgehead atoms. The Kier molecular flexibility index (Phi) is 14.2. The molecule has 0 spiro atoms. The van der Waals surface area contributed by atoms with Crippen molar-refractivity contribution in [1.29, 1.82) is 0 Å². The topological polar surface area (TPSA) is 18.5 Å². The lowest BCUT2D eigenvalue weighted by Gasteiger charge is -2.27. The van der Waals surface area contributed by atoms with Gasteiger partial charge in [-0.3, -0.25) is 0 Å². The van der Waals surface area contributed by atoms with Crippen LogP contribution in [0.1, 0.15) is 25.0 Å². The first-order chi connectivity index (χ1) is 15.9. The monoisotopic (exact) mass is 560 g/mol. The van der Waals surface area contributed by atoms with E-state index in [2.05, 4.69) is 113 Å². The van der Waals surface area contributed by atoms with Gasteiger partial charge >= 0.3 is 0 Å². The van der Waals surface area contributed by atoms with Crippen molar-refractivity contribution < 1.29 is 9.47 Å². The Morgan fingerprint density at radius 3 is 1.33 bits per heavy atom. The lowest BCUT2D eigenvalue weighted by molar-refractivity contribution is 0.323. The summed E-state index contributed by atoms with van der Waals surface area (Å²) >= 11 is 21.2. The van der Waals surface area contributed by atoms with Gasteiger partial charge < -0.3 is 9.47 Å². The summed E-state index contributed by atoms with van der Waals surface area (Å²) in [5.74, 6) is 7.16. The minimum Gasteiger partial charge on any atom is -0.492 e. The van der Waals surface area contributed by atoms with E-state index in [0.29, 0.717) is 23.7 Å². The highest BCUT2D eigenvalue weighted by Crippen LogP contribution is 2.33. The molecule has 2 unspecified atom stereocenters. The van der Waals surface area contributed by atoms with Gasteiger partial charge in [-0.2, -0.15) is 74.0 Å². The third-order valence-corrected chi connectivity index (χ3v) is 10.2. The predicted molar refractivity (Wildman–Crippen MR) is 164 cm³/mol. The Hall–Kier alpha value is 0.140. The molecule has 8 heteroatoms. The van der Waals surface area contributed by atoms with Crippen LogP contribution in [-0.4, -0.2) is 58.2 Å². The van der Waals surface area contributed by atoms with Crippen molar-refractivity contribution >= 4 is 74.0 Å². The molecule has 0 radical (unpaired) electrons. The zero-order valence-electron chi connectivity index (χ0n) is 19.4. The van der Waals surface area contributed by atoms with Crippen LogP contribution in [0.4, 0.5) is 0 Å². The van der Waals surface area contributed by atoms with Gasteiger partial charge in [0.25, 0.3) is 0 Å². The molecule has 0 amide bonds. The van der Waals surface area contributed by atoms with Crippen molar-refractivity contribution in [1.82, 2.24) is 0 Å². The maximum Gasteiger partial charge on any atom is 0.119 e. The third kappa shape index (κ3) is 9.96. The first-order valence-corrected chi connectivity index (χ1v) is 15.7. The van der Waals surface area contributed by atoms with E-state index >= 15 is 0 Å². The van der Waals surface area contributed by atoms with Crippen LogP contribution in [0.2, 0.25) is 0 Å². The van der Waals surface area contributed by atoms with Crippen molar-refractivity contribution in [2.24, 2.45) is 0 Å². The molecule has 0 fully saturated rings. The normalized spacial score (nSPS) is 13.5. The number of thiol groups is 4. The van der Waals surface area contributed by atoms with E-state index in [9.17, 15) is 0 Å². The Morgan fingerprint density at radius 1 is 0.667 bits per heavy atom. The quantitative estimate of drug-likeness (QED) is 0.171. The van der Waals surface area contributed by atoms with Crippen LogP contribution in [-0.2, 0) is 5.41 Å². The van der Waals surface area contributed by atoms with Crippen LogP contribution in [0.3, 0.4) is 0 Å². The largest absolute Gasteiger partial charge is 0.492 e. The Bertz CT molecular complexity index is 717. The van der Waals surface area contributed by atoms with Gasteiger partial charge in [-0.15, -0.1) is 0 Å². The predicted octanol–water partition coefficient (Wildman–Crippen LogP) is 6.69. The number of hydrogen-bond acceptors (Lipinski definition) is 8. The molecule has 2 aromatic carbocycles. The van der Waals surface area contributed by atoms with Gasteiger partial charge in [-0.1, -0.05) is 38.1 Å². The molecule has 0 aliphatic heterocycles. The standard InChI is InChI=1S/C25H36O2S6/c1-25(2,19-3-7-21(8-4-19)26-15-23(17-30)32-13-11-28)20-5-9-22(10-6-20)27-16-24(18-31)33-14-12-29/h3-10,23-24,28-31H,11-18H2,1-2H3. The van der Waals surface area contributed by atoms with Gasteiger partial charge in [0.05, 0.1) is 0 Å². The summed E-state index contributed by atoms with van der Waals surface area (Å²) in [6.45, 7) is 5.81. The smallest absolute Gasteiger partial charge is 0.119 e. The first kappa shape index (κ1) is 29.4. The molecular formula is C25H36O2S6. The van der Waals surface area contributed by atoms with Gasteiger partial charge in [0.15, 0.2) is 0 Å². The summed E-state index contributed by atoms with van der Waals surface area (Å²) < 4.78 is 12.0. The summed E-state index contributed by atoms with van der Waals surface area (Å²) in [5, 5.41) is 0.754. The molecule has 33 heavy (non-hydrogen) atoms. The maximum atomic E-state index is 6.00. The number of ether oxygens (including phenoxy) is 2. The molecule has 2 aromatic rings. The summed E-state index contributed by atoms with van der Waals surface area (Å²) in [4.78, 5) is 0. The Morgan fingerprint density at radius 2 is 1.03 bits per heavy atom. The van der Waals surface area contributed by atoms with Crippen LogP contribution in [0.15, 0.2) is 48.5 Å². The number of rotatable bonds is 16. The molecule has 0 aliphatic rings. The van der Waals surface area contributed by atoms with Gasteiger partial charge in [-0.25, -0.2) is 0 Å². The van der Waals surface area contributed by atoms with Crippen molar-refractivity contribution in [3.63, 3.8) is 0 Å². The SMILES string of the molecule is CC(C)(c1ccc(OCC(CS)SCCS)cc1)c1ccc(OCC(CS)SCCS)cc1. The maximum absolute atomic E-state index is 6.00. The number of hydrogen-bond donors (Lipinski definition) is 4. The first-order valence-electron chi connectivity index (χ1n) is 11.1. The molecule has 0 N–H and O–H groups in total. The molecule has 0 heterocycles. The highest BCUT2D eigenvalue weighted by Gasteiger charge is 2.23. The fourth-order valence-corrected chi connectivity index (χ4v) is 6.12. The molecule has 2 rings (SSSR count). The average molecular weight is 561 g/mol. The minimum atomic E-state index is -0.122. The summed E-state index contributed by atoms with van der Waals surface area (Å²) in [7, 11) is 0. The molecule has 0 saturated carbocycles. The van der Waals surface area contributed by atoms with E-state index in [1.807, 2.05) is 23.5 Å². The van der Waals surface area contributed by atoms with Crippen LogP contribution < -0.4 is 9.47 Å². The van der Waals surface area contributed by atoms with Crippen LogP contribution in [0.25, 0.3) is 0 Å². The van der Waals surface area contributed by atoms with E-state index in [1.54, 1.807) is 0 Å². The Labute approximate surface area is 230 Å². The van der Waals surface area contributed by atoms with E-state index in [4.69, 9.17) is 9.47 Å². The molecule has 0 aromatic heterocycles. The average Bonchev–Trinajstić information content (AvgIpc) is 2.85. The lowest BCUT2D eigenvalue weighted by atomic mass is 9.78. The zero-order chi connectivity index (χ0) is 24.1. The summed E-state index contributed by atoms with van der Waals surface area (Å²) in [5.41, 5.74) is 2.37. The summed E-state index contributed by atoms with van der Waals surface area (Å²) in [6.07, 6.45) is 0. The lowest BCUT2D eigenvalue weighted by Crippen LogP contribution is -2.20. The van der Waals surface area contributed by atoms with Gasteiger partial charge in [0.2, 0.25) is 0 Å². The highest BCUT2D eigenvalue weighted by atomic mass is 32.2. The molecular weight excluding hydrogens is 525 g/mol. The van der Waals surface area contributed by atoms with Crippen molar-refractivity contribution in [2.75, 3.05) is 47.7 Å². The number of benzene rings is 2. The molecule has 2 nitrogen and oxygen atoms in total. The Balaban J connectivity index is 1.95. The summed E-state index contributed by atoms with van der Waals surface area (Å²) in [6, 6.07) is 16.9. The molecule has 184 valence electrons. The fourth-order valence-electron chi connectivity index (χ4n) is 3.23. The van der Waals surface area contributed by atoms with E-state index in [-0.39, 0.29) is 5.41 Å². The second kappa shape index (κ2) is 16.0. The molecule has 0 saturated heterocycles. The molecule has 0 aliphatic carbocycles. The van der Waals surface area contributed by atoms with Crippen LogP contribution in [0.5, 0.6) is 11.5 Å². The zero-order valence-corrected chi connectivity index (χ0v) is 24.6. The second-order valence-corrected chi connectivity index (χ2v) is 12.5. The fraction of sp³-hybridized carbons (Fsp3) is 0.520. The van der Waals surface area contributed by atoms with E-state index in [0.717, 1.165) is 46.0 Å². The third-order valence-electron chi connectivity index (χ3n) is 5.32. The van der Waals surface area contributed by atoms with E-state index in [1.165, 1.54) is 11.1 Å². The highest BCUT2D eigenvalue weighted by molar-refractivity contribution is 8.01. The minimum absolute atomic E-state index is 0.122. The number of thioether (sulfide) groups is 2. The van der Waals surface area contributed by atoms with Gasteiger partial charge in [-0.05, 0) is 46.9 Å². The van der Waals surface area contributed by atoms with Crippen molar-refractivity contribution in [2.45, 2.75) is 29.8 Å².